The van der Waals surface area contributed by atoms with E-state index in [1.807, 2.05) is 44.2 Å². The van der Waals surface area contributed by atoms with Crippen LogP contribution in [-0.4, -0.2) is 67.8 Å². The average Bonchev–Trinajstić information content (AvgIpc) is 3.59. The molecule has 8 nitrogen and oxygen atoms in total. The van der Waals surface area contributed by atoms with E-state index < -0.39 is 16.1 Å². The monoisotopic (exact) mass is 637 g/mol. The van der Waals surface area contributed by atoms with E-state index in [4.69, 9.17) is 4.74 Å². The number of sulfonamides is 1. The van der Waals surface area contributed by atoms with Crippen LogP contribution in [0.2, 0.25) is 0 Å². The van der Waals surface area contributed by atoms with Gasteiger partial charge in [0, 0.05) is 45.6 Å². The van der Waals surface area contributed by atoms with Crippen LogP contribution in [0.1, 0.15) is 56.2 Å². The SMILES string of the molecule is CC(C)OCCCNC(=O)C(Cc1ccccc1)N(Cc1ccc(F)cc1)C(=O)CCc1ccc(S(=O)(=O)N2CCCC2)cc1. The Labute approximate surface area is 266 Å². The number of aryl methyl sites for hydroxylation is 1. The lowest BCUT2D eigenvalue weighted by Gasteiger charge is -2.32. The second-order valence-corrected chi connectivity index (χ2v) is 13.6. The zero-order valence-electron chi connectivity index (χ0n) is 26.2. The first-order valence-corrected chi connectivity index (χ1v) is 17.1. The van der Waals surface area contributed by atoms with Gasteiger partial charge in [-0.15, -0.1) is 0 Å². The van der Waals surface area contributed by atoms with Crippen molar-refractivity contribution in [3.05, 3.63) is 101 Å². The van der Waals surface area contributed by atoms with Gasteiger partial charge in [-0.05, 0) is 80.5 Å². The molecule has 2 amide bonds. The van der Waals surface area contributed by atoms with Gasteiger partial charge in [0.1, 0.15) is 11.9 Å². The van der Waals surface area contributed by atoms with Crippen molar-refractivity contribution in [3.8, 4) is 0 Å². The summed E-state index contributed by atoms with van der Waals surface area (Å²) in [4.78, 5) is 29.4. The Morgan fingerprint density at radius 1 is 0.911 bits per heavy atom. The van der Waals surface area contributed by atoms with Crippen LogP contribution >= 0.6 is 0 Å². The largest absolute Gasteiger partial charge is 0.379 e. The summed E-state index contributed by atoms with van der Waals surface area (Å²) in [6.07, 6.45) is 3.26. The fourth-order valence-corrected chi connectivity index (χ4v) is 6.88. The third-order valence-corrected chi connectivity index (χ3v) is 9.78. The summed E-state index contributed by atoms with van der Waals surface area (Å²) in [6.45, 7) is 6.03. The molecule has 0 aliphatic carbocycles. The first-order chi connectivity index (χ1) is 21.6. The summed E-state index contributed by atoms with van der Waals surface area (Å²) in [5.74, 6) is -0.878. The molecule has 4 rings (SSSR count). The van der Waals surface area contributed by atoms with Gasteiger partial charge >= 0.3 is 0 Å². The molecule has 242 valence electrons. The number of rotatable bonds is 16. The van der Waals surface area contributed by atoms with Crippen LogP contribution in [-0.2, 0) is 43.7 Å². The van der Waals surface area contributed by atoms with Gasteiger partial charge in [-0.3, -0.25) is 9.59 Å². The summed E-state index contributed by atoms with van der Waals surface area (Å²) in [5.41, 5.74) is 2.43. The van der Waals surface area contributed by atoms with Crippen molar-refractivity contribution in [1.82, 2.24) is 14.5 Å². The number of benzene rings is 3. The van der Waals surface area contributed by atoms with E-state index in [0.717, 1.165) is 24.0 Å². The van der Waals surface area contributed by atoms with Crippen molar-refractivity contribution in [2.24, 2.45) is 0 Å². The Bertz CT molecular complexity index is 1480. The normalized spacial score (nSPS) is 14.4. The molecule has 0 bridgehead atoms. The topological polar surface area (TPSA) is 96.0 Å². The van der Waals surface area contributed by atoms with Crippen molar-refractivity contribution < 1.29 is 27.1 Å². The zero-order valence-corrected chi connectivity index (χ0v) is 27.0. The molecule has 1 unspecified atom stereocenters. The molecule has 1 fully saturated rings. The Morgan fingerprint density at radius 2 is 1.56 bits per heavy atom. The number of ether oxygens (including phenoxy) is 1. The van der Waals surface area contributed by atoms with Gasteiger partial charge in [0.05, 0.1) is 11.0 Å². The van der Waals surface area contributed by atoms with Crippen LogP contribution in [0.3, 0.4) is 0 Å². The fraction of sp³-hybridized carbons (Fsp3) is 0.429. The van der Waals surface area contributed by atoms with Crippen molar-refractivity contribution in [2.75, 3.05) is 26.2 Å². The van der Waals surface area contributed by atoms with Gasteiger partial charge in [-0.2, -0.15) is 4.31 Å². The smallest absolute Gasteiger partial charge is 0.243 e. The predicted octanol–water partition coefficient (Wildman–Crippen LogP) is 5.11. The number of carbonyl (C=O) groups is 2. The molecule has 3 aromatic carbocycles. The van der Waals surface area contributed by atoms with Crippen molar-refractivity contribution in [2.45, 2.75) is 76.0 Å². The fourth-order valence-electron chi connectivity index (χ4n) is 5.36. The van der Waals surface area contributed by atoms with Crippen LogP contribution in [0.5, 0.6) is 0 Å². The number of halogens is 1. The molecule has 1 saturated heterocycles. The molecule has 0 radical (unpaired) electrons. The minimum Gasteiger partial charge on any atom is -0.379 e. The Hall–Kier alpha value is -3.60. The molecule has 0 saturated carbocycles. The van der Waals surface area contributed by atoms with Gasteiger partial charge in [-0.1, -0.05) is 54.6 Å². The van der Waals surface area contributed by atoms with E-state index >= 15 is 0 Å². The van der Waals surface area contributed by atoms with E-state index in [9.17, 15) is 22.4 Å². The van der Waals surface area contributed by atoms with E-state index in [0.29, 0.717) is 51.1 Å². The lowest BCUT2D eigenvalue weighted by atomic mass is 10.0. The molecular formula is C35H44FN3O5S. The Morgan fingerprint density at radius 3 is 2.20 bits per heavy atom. The van der Waals surface area contributed by atoms with E-state index in [1.54, 1.807) is 41.3 Å². The minimum absolute atomic E-state index is 0.0982. The van der Waals surface area contributed by atoms with Crippen molar-refractivity contribution in [1.29, 1.82) is 0 Å². The Kier molecular flexibility index (Phi) is 12.7. The molecule has 1 heterocycles. The standard InChI is InChI=1S/C35H44FN3O5S/c1-27(2)44-24-8-21-37-35(41)33(25-29-9-4-3-5-10-29)39(26-30-11-16-31(36)17-12-30)34(40)20-15-28-13-18-32(19-14-28)45(42,43)38-22-6-7-23-38/h3-5,9-14,16-19,27,33H,6-8,15,20-26H2,1-2H3,(H,37,41). The zero-order chi connectivity index (χ0) is 32.2. The number of carbonyl (C=O) groups excluding carboxylic acids is 2. The molecule has 45 heavy (non-hydrogen) atoms. The number of nitrogens with one attached hydrogen (secondary N) is 1. The summed E-state index contributed by atoms with van der Waals surface area (Å²) >= 11 is 0. The summed E-state index contributed by atoms with van der Waals surface area (Å²) in [5, 5.41) is 2.99. The third-order valence-electron chi connectivity index (χ3n) is 7.86. The summed E-state index contributed by atoms with van der Waals surface area (Å²) in [6, 6.07) is 21.3. The third kappa shape index (κ3) is 10.2. The Balaban J connectivity index is 1.52. The molecule has 0 spiro atoms. The van der Waals surface area contributed by atoms with Crippen molar-refractivity contribution in [3.63, 3.8) is 0 Å². The predicted molar refractivity (Wildman–Crippen MR) is 172 cm³/mol. The molecule has 10 heteroatoms. The molecule has 1 atom stereocenters. The number of amides is 2. The molecule has 1 aliphatic heterocycles. The molecule has 1 N–H and O–H groups in total. The highest BCUT2D eigenvalue weighted by molar-refractivity contribution is 7.89. The quantitative estimate of drug-likeness (QED) is 0.220. The summed E-state index contributed by atoms with van der Waals surface area (Å²) in [7, 11) is -3.53. The molecule has 3 aromatic rings. The highest BCUT2D eigenvalue weighted by atomic mass is 32.2. The molecule has 1 aliphatic rings. The van der Waals surface area contributed by atoms with Crippen molar-refractivity contribution >= 4 is 21.8 Å². The number of hydrogen-bond donors (Lipinski definition) is 1. The van der Waals surface area contributed by atoms with Crippen LogP contribution in [0.25, 0.3) is 0 Å². The van der Waals surface area contributed by atoms with E-state index in [2.05, 4.69) is 5.32 Å². The first kappa shape index (κ1) is 34.3. The highest BCUT2D eigenvalue weighted by Crippen LogP contribution is 2.22. The first-order valence-electron chi connectivity index (χ1n) is 15.7. The van der Waals surface area contributed by atoms with Gasteiger partial charge in [0.2, 0.25) is 21.8 Å². The minimum atomic E-state index is -3.53. The van der Waals surface area contributed by atoms with Crippen LogP contribution in [0.4, 0.5) is 4.39 Å². The van der Waals surface area contributed by atoms with Gasteiger partial charge < -0.3 is 15.0 Å². The summed E-state index contributed by atoms with van der Waals surface area (Å²) < 4.78 is 46.7. The maximum Gasteiger partial charge on any atom is 0.243 e. The second-order valence-electron chi connectivity index (χ2n) is 11.7. The molecular weight excluding hydrogens is 593 g/mol. The van der Waals surface area contributed by atoms with E-state index in [1.165, 1.54) is 16.4 Å². The van der Waals surface area contributed by atoms with Crippen LogP contribution in [0.15, 0.2) is 83.8 Å². The maximum absolute atomic E-state index is 13.9. The van der Waals surface area contributed by atoms with Crippen LogP contribution < -0.4 is 5.32 Å². The lowest BCUT2D eigenvalue weighted by molar-refractivity contribution is -0.141. The lowest BCUT2D eigenvalue weighted by Crippen LogP contribution is -2.50. The van der Waals surface area contributed by atoms with E-state index in [-0.39, 0.29) is 41.6 Å². The van der Waals surface area contributed by atoms with Gasteiger partial charge in [0.25, 0.3) is 0 Å². The second kappa shape index (κ2) is 16.6. The number of hydrogen-bond acceptors (Lipinski definition) is 5. The highest BCUT2D eigenvalue weighted by Gasteiger charge is 2.30. The van der Waals surface area contributed by atoms with Gasteiger partial charge in [0.15, 0.2) is 0 Å². The maximum atomic E-state index is 13.9. The molecule has 0 aromatic heterocycles. The van der Waals surface area contributed by atoms with Crippen LogP contribution in [0, 0.1) is 5.82 Å². The number of nitrogens with zero attached hydrogens (tertiary/aromatic N) is 2. The van der Waals surface area contributed by atoms with Gasteiger partial charge in [-0.25, -0.2) is 12.8 Å². The average molecular weight is 638 g/mol.